The summed E-state index contributed by atoms with van der Waals surface area (Å²) in [6, 6.07) is 5.84. The average molecular weight is 213 g/mol. The van der Waals surface area contributed by atoms with E-state index in [0.717, 1.165) is 0 Å². The van der Waals surface area contributed by atoms with Crippen LogP contribution in [0.3, 0.4) is 0 Å². The quantitative estimate of drug-likeness (QED) is 0.778. The van der Waals surface area contributed by atoms with Gasteiger partial charge in [0.2, 0.25) is 0 Å². The topological polar surface area (TPSA) is 35.2 Å². The van der Waals surface area contributed by atoms with E-state index in [4.69, 9.17) is 22.7 Å². The van der Waals surface area contributed by atoms with Gasteiger partial charge in [-0.3, -0.25) is 0 Å². The summed E-state index contributed by atoms with van der Waals surface area (Å²) in [5.74, 6) is 0.365. The highest BCUT2D eigenvalue weighted by atomic mass is 32.1. The van der Waals surface area contributed by atoms with Gasteiger partial charge in [-0.25, -0.2) is 4.39 Å². The van der Waals surface area contributed by atoms with Crippen LogP contribution in [-0.2, 0) is 0 Å². The summed E-state index contributed by atoms with van der Waals surface area (Å²) in [5.41, 5.74) is 5.42. The second-order valence-electron chi connectivity index (χ2n) is 3.07. The van der Waals surface area contributed by atoms with Gasteiger partial charge in [0.05, 0.1) is 11.6 Å². The Morgan fingerprint density at radius 3 is 2.57 bits per heavy atom. The summed E-state index contributed by atoms with van der Waals surface area (Å²) in [5, 5.41) is 0. The maximum Gasteiger partial charge on any atom is 0.123 e. The van der Waals surface area contributed by atoms with Crippen LogP contribution in [0.1, 0.15) is 6.92 Å². The van der Waals surface area contributed by atoms with Crippen molar-refractivity contribution in [3.8, 4) is 5.75 Å². The third kappa shape index (κ3) is 3.30. The highest BCUT2D eigenvalue weighted by Gasteiger charge is 2.05. The smallest absolute Gasteiger partial charge is 0.123 e. The Bertz CT molecular complexity index is 312. The fourth-order valence-corrected chi connectivity index (χ4v) is 0.902. The van der Waals surface area contributed by atoms with Crippen molar-refractivity contribution >= 4 is 17.2 Å². The van der Waals surface area contributed by atoms with Crippen LogP contribution >= 0.6 is 12.2 Å². The third-order valence-electron chi connectivity index (χ3n) is 1.80. The van der Waals surface area contributed by atoms with Gasteiger partial charge in [0.1, 0.15) is 11.6 Å². The van der Waals surface area contributed by atoms with Crippen LogP contribution in [0.25, 0.3) is 0 Å². The van der Waals surface area contributed by atoms with E-state index in [1.165, 1.54) is 12.1 Å². The van der Waals surface area contributed by atoms with E-state index >= 15 is 0 Å². The minimum Gasteiger partial charge on any atom is -0.493 e. The van der Waals surface area contributed by atoms with Gasteiger partial charge in [-0.15, -0.1) is 0 Å². The van der Waals surface area contributed by atoms with Crippen molar-refractivity contribution < 1.29 is 9.13 Å². The maximum absolute atomic E-state index is 12.5. The van der Waals surface area contributed by atoms with Crippen molar-refractivity contribution in [1.82, 2.24) is 0 Å². The number of benzene rings is 1. The number of thiocarbonyl (C=S) groups is 1. The summed E-state index contributed by atoms with van der Waals surface area (Å²) in [6.07, 6.45) is 0. The molecule has 0 fully saturated rings. The lowest BCUT2D eigenvalue weighted by molar-refractivity contribution is 0.293. The monoisotopic (exact) mass is 213 g/mol. The average Bonchev–Trinajstić information content (AvgIpc) is 2.16. The molecule has 0 aliphatic carbocycles. The highest BCUT2D eigenvalue weighted by molar-refractivity contribution is 7.80. The first-order chi connectivity index (χ1) is 6.59. The molecular weight excluding hydrogens is 201 g/mol. The molecule has 1 unspecified atom stereocenters. The molecule has 0 saturated heterocycles. The first kappa shape index (κ1) is 10.9. The molecule has 2 nitrogen and oxygen atoms in total. The lowest BCUT2D eigenvalue weighted by Crippen LogP contribution is -2.23. The Kier molecular flexibility index (Phi) is 3.83. The predicted octanol–water partition coefficient (Wildman–Crippen LogP) is 2.13. The summed E-state index contributed by atoms with van der Waals surface area (Å²) in [7, 11) is 0. The molecule has 1 rings (SSSR count). The van der Waals surface area contributed by atoms with Crippen molar-refractivity contribution in [2.24, 2.45) is 11.7 Å². The van der Waals surface area contributed by atoms with Crippen LogP contribution < -0.4 is 10.5 Å². The van der Waals surface area contributed by atoms with E-state index in [2.05, 4.69) is 0 Å². The molecule has 1 aromatic carbocycles. The fourth-order valence-electron chi connectivity index (χ4n) is 0.834. The van der Waals surface area contributed by atoms with Crippen LogP contribution in [0, 0.1) is 11.7 Å². The molecule has 0 amide bonds. The summed E-state index contributed by atoms with van der Waals surface area (Å²) < 4.78 is 17.9. The van der Waals surface area contributed by atoms with Crippen molar-refractivity contribution in [3.63, 3.8) is 0 Å². The second-order valence-corrected chi connectivity index (χ2v) is 3.54. The lowest BCUT2D eigenvalue weighted by atomic mass is 10.2. The van der Waals surface area contributed by atoms with Crippen LogP contribution in [-0.4, -0.2) is 11.6 Å². The molecule has 1 atom stereocenters. The summed E-state index contributed by atoms with van der Waals surface area (Å²) in [4.78, 5) is 0.423. The molecule has 0 saturated carbocycles. The minimum atomic E-state index is -0.278. The van der Waals surface area contributed by atoms with Gasteiger partial charge in [-0.1, -0.05) is 19.1 Å². The Balaban J connectivity index is 2.46. The standard InChI is InChI=1S/C10H12FNOS/c1-7(10(12)14)6-13-9-4-2-8(11)3-5-9/h2-5,7H,6H2,1H3,(H2,12,14). The zero-order valence-corrected chi connectivity index (χ0v) is 8.68. The molecule has 4 heteroatoms. The minimum absolute atomic E-state index is 0.0232. The number of rotatable bonds is 4. The zero-order chi connectivity index (χ0) is 10.6. The Morgan fingerprint density at radius 2 is 2.07 bits per heavy atom. The lowest BCUT2D eigenvalue weighted by Gasteiger charge is -2.11. The zero-order valence-electron chi connectivity index (χ0n) is 7.87. The molecule has 0 bridgehead atoms. The van der Waals surface area contributed by atoms with E-state index < -0.39 is 0 Å². The Hall–Kier alpha value is -1.16. The van der Waals surface area contributed by atoms with E-state index in [0.29, 0.717) is 17.3 Å². The van der Waals surface area contributed by atoms with E-state index in [1.54, 1.807) is 12.1 Å². The number of nitrogens with two attached hydrogens (primary N) is 1. The molecule has 0 radical (unpaired) electrons. The Labute approximate surface area is 87.9 Å². The van der Waals surface area contributed by atoms with Gasteiger partial charge < -0.3 is 10.5 Å². The van der Waals surface area contributed by atoms with E-state index in [9.17, 15) is 4.39 Å². The summed E-state index contributed by atoms with van der Waals surface area (Å²) in [6.45, 7) is 2.30. The van der Waals surface area contributed by atoms with Crippen LogP contribution in [0.15, 0.2) is 24.3 Å². The first-order valence-electron chi connectivity index (χ1n) is 4.27. The van der Waals surface area contributed by atoms with Gasteiger partial charge in [0.15, 0.2) is 0 Å². The van der Waals surface area contributed by atoms with E-state index in [-0.39, 0.29) is 11.7 Å². The fraction of sp³-hybridized carbons (Fsp3) is 0.300. The normalized spacial score (nSPS) is 12.1. The SMILES string of the molecule is CC(COc1ccc(F)cc1)C(N)=S. The van der Waals surface area contributed by atoms with Gasteiger partial charge in [0, 0.05) is 5.92 Å². The number of hydrogen-bond acceptors (Lipinski definition) is 2. The molecule has 0 aliphatic rings. The van der Waals surface area contributed by atoms with Crippen LogP contribution in [0.2, 0.25) is 0 Å². The first-order valence-corrected chi connectivity index (χ1v) is 4.68. The van der Waals surface area contributed by atoms with Crippen LogP contribution in [0.4, 0.5) is 4.39 Å². The molecule has 1 aromatic rings. The van der Waals surface area contributed by atoms with Gasteiger partial charge >= 0.3 is 0 Å². The predicted molar refractivity (Wildman–Crippen MR) is 57.8 cm³/mol. The van der Waals surface area contributed by atoms with Gasteiger partial charge in [-0.05, 0) is 24.3 Å². The van der Waals surface area contributed by atoms with Gasteiger partial charge in [-0.2, -0.15) is 0 Å². The van der Waals surface area contributed by atoms with Crippen molar-refractivity contribution in [2.45, 2.75) is 6.92 Å². The second kappa shape index (κ2) is 4.91. The molecule has 2 N–H and O–H groups in total. The summed E-state index contributed by atoms with van der Waals surface area (Å²) >= 11 is 4.79. The van der Waals surface area contributed by atoms with Crippen molar-refractivity contribution in [2.75, 3.05) is 6.61 Å². The van der Waals surface area contributed by atoms with Crippen molar-refractivity contribution in [3.05, 3.63) is 30.1 Å². The molecule has 14 heavy (non-hydrogen) atoms. The highest BCUT2D eigenvalue weighted by Crippen LogP contribution is 2.12. The third-order valence-corrected chi connectivity index (χ3v) is 2.20. The largest absolute Gasteiger partial charge is 0.493 e. The Morgan fingerprint density at radius 1 is 1.50 bits per heavy atom. The molecule has 0 heterocycles. The molecule has 0 aliphatic heterocycles. The molecule has 0 aromatic heterocycles. The maximum atomic E-state index is 12.5. The molecule has 0 spiro atoms. The number of ether oxygens (including phenoxy) is 1. The number of hydrogen-bond donors (Lipinski definition) is 1. The van der Waals surface area contributed by atoms with E-state index in [1.807, 2.05) is 6.92 Å². The molecular formula is C10H12FNOS. The number of halogens is 1. The van der Waals surface area contributed by atoms with Gasteiger partial charge in [0.25, 0.3) is 0 Å². The molecule has 76 valence electrons. The van der Waals surface area contributed by atoms with Crippen molar-refractivity contribution in [1.29, 1.82) is 0 Å². The van der Waals surface area contributed by atoms with Crippen LogP contribution in [0.5, 0.6) is 5.75 Å².